The lowest BCUT2D eigenvalue weighted by molar-refractivity contribution is 0.175. The first-order valence-electron chi connectivity index (χ1n) is 6.52. The first kappa shape index (κ1) is 14.1. The Bertz CT molecular complexity index is 543. The van der Waals surface area contributed by atoms with Crippen LogP contribution < -0.4 is 0 Å². The zero-order valence-electron chi connectivity index (χ0n) is 11.4. The average molecular weight is 275 g/mol. The minimum Gasteiger partial charge on any atom is -0.392 e. The molecule has 1 nitrogen and oxygen atoms in total. The molecule has 100 valence electrons. The van der Waals surface area contributed by atoms with E-state index in [0.29, 0.717) is 12.8 Å². The van der Waals surface area contributed by atoms with Gasteiger partial charge in [0.05, 0.1) is 6.10 Å². The van der Waals surface area contributed by atoms with Crippen molar-refractivity contribution in [3.05, 3.63) is 69.7 Å². The van der Waals surface area contributed by atoms with E-state index in [4.69, 9.17) is 11.6 Å². The standard InChI is InChI=1S/C17H19ClO/c1-12-6-13(2)8-15(7-12)11-17(19)10-14-4-3-5-16(18)9-14/h3-9,17,19H,10-11H2,1-2H3. The SMILES string of the molecule is Cc1cc(C)cc(CC(O)Cc2cccc(Cl)c2)c1. The molecule has 0 radical (unpaired) electrons. The summed E-state index contributed by atoms with van der Waals surface area (Å²) in [5.41, 5.74) is 4.74. The number of aliphatic hydroxyl groups is 1. The highest BCUT2D eigenvalue weighted by atomic mass is 35.5. The van der Waals surface area contributed by atoms with E-state index in [1.165, 1.54) is 16.7 Å². The molecule has 0 fully saturated rings. The number of benzene rings is 2. The second-order valence-electron chi connectivity index (χ2n) is 5.19. The van der Waals surface area contributed by atoms with Crippen LogP contribution in [-0.2, 0) is 12.8 Å². The molecule has 0 bridgehead atoms. The van der Waals surface area contributed by atoms with Gasteiger partial charge in [0.1, 0.15) is 0 Å². The Hall–Kier alpha value is -1.31. The fraction of sp³-hybridized carbons (Fsp3) is 0.294. The van der Waals surface area contributed by atoms with Gasteiger partial charge < -0.3 is 5.11 Å². The lowest BCUT2D eigenvalue weighted by Crippen LogP contribution is -2.14. The van der Waals surface area contributed by atoms with E-state index in [1.54, 1.807) is 0 Å². The number of hydrogen-bond donors (Lipinski definition) is 1. The minimum absolute atomic E-state index is 0.375. The maximum atomic E-state index is 10.2. The Labute approximate surface area is 119 Å². The van der Waals surface area contributed by atoms with Gasteiger partial charge in [0, 0.05) is 5.02 Å². The molecule has 0 saturated heterocycles. The van der Waals surface area contributed by atoms with Crippen LogP contribution in [0.2, 0.25) is 5.02 Å². The van der Waals surface area contributed by atoms with E-state index in [1.807, 2.05) is 24.3 Å². The number of hydrogen-bond acceptors (Lipinski definition) is 1. The molecule has 2 aromatic carbocycles. The Morgan fingerprint density at radius 1 is 0.947 bits per heavy atom. The van der Waals surface area contributed by atoms with Crippen LogP contribution in [0.3, 0.4) is 0 Å². The summed E-state index contributed by atoms with van der Waals surface area (Å²) in [6.07, 6.45) is 0.933. The third-order valence-electron chi connectivity index (χ3n) is 3.11. The molecule has 2 heteroatoms. The molecule has 1 unspecified atom stereocenters. The molecule has 0 amide bonds. The Morgan fingerprint density at radius 3 is 2.21 bits per heavy atom. The highest BCUT2D eigenvalue weighted by molar-refractivity contribution is 6.30. The van der Waals surface area contributed by atoms with Crippen LogP contribution in [0.5, 0.6) is 0 Å². The van der Waals surface area contributed by atoms with Crippen molar-refractivity contribution in [2.45, 2.75) is 32.8 Å². The van der Waals surface area contributed by atoms with Crippen LogP contribution in [-0.4, -0.2) is 11.2 Å². The topological polar surface area (TPSA) is 20.2 Å². The fourth-order valence-electron chi connectivity index (χ4n) is 2.47. The molecular weight excluding hydrogens is 256 g/mol. The Kier molecular flexibility index (Phi) is 4.62. The van der Waals surface area contributed by atoms with Gasteiger partial charge in [-0.15, -0.1) is 0 Å². The molecule has 2 rings (SSSR count). The zero-order chi connectivity index (χ0) is 13.8. The van der Waals surface area contributed by atoms with E-state index < -0.39 is 0 Å². The van der Waals surface area contributed by atoms with Crippen molar-refractivity contribution in [2.75, 3.05) is 0 Å². The van der Waals surface area contributed by atoms with Gasteiger partial charge in [-0.1, -0.05) is 53.1 Å². The van der Waals surface area contributed by atoms with Gasteiger partial charge in [0.25, 0.3) is 0 Å². The summed E-state index contributed by atoms with van der Waals surface area (Å²) in [6.45, 7) is 4.17. The molecule has 1 N–H and O–H groups in total. The minimum atomic E-state index is -0.375. The highest BCUT2D eigenvalue weighted by Crippen LogP contribution is 2.15. The maximum absolute atomic E-state index is 10.2. The average Bonchev–Trinajstić information content (AvgIpc) is 2.26. The number of halogens is 1. The summed E-state index contributed by atoms with van der Waals surface area (Å²) >= 11 is 5.95. The van der Waals surface area contributed by atoms with E-state index in [0.717, 1.165) is 10.6 Å². The molecular formula is C17H19ClO. The van der Waals surface area contributed by atoms with E-state index in [2.05, 4.69) is 32.0 Å². The van der Waals surface area contributed by atoms with Crippen molar-refractivity contribution in [3.8, 4) is 0 Å². The summed E-state index contributed by atoms with van der Waals surface area (Å²) in [4.78, 5) is 0. The van der Waals surface area contributed by atoms with Crippen molar-refractivity contribution < 1.29 is 5.11 Å². The van der Waals surface area contributed by atoms with Gasteiger partial charge in [-0.05, 0) is 49.9 Å². The van der Waals surface area contributed by atoms with Gasteiger partial charge in [0.2, 0.25) is 0 Å². The second kappa shape index (κ2) is 6.23. The van der Waals surface area contributed by atoms with Gasteiger partial charge >= 0.3 is 0 Å². The monoisotopic (exact) mass is 274 g/mol. The fourth-order valence-corrected chi connectivity index (χ4v) is 2.68. The van der Waals surface area contributed by atoms with Crippen molar-refractivity contribution in [2.24, 2.45) is 0 Å². The molecule has 19 heavy (non-hydrogen) atoms. The molecule has 0 aliphatic carbocycles. The van der Waals surface area contributed by atoms with Crippen molar-refractivity contribution in [1.82, 2.24) is 0 Å². The van der Waals surface area contributed by atoms with Crippen LogP contribution in [0, 0.1) is 13.8 Å². The van der Waals surface area contributed by atoms with Crippen LogP contribution in [0.15, 0.2) is 42.5 Å². The van der Waals surface area contributed by atoms with E-state index in [9.17, 15) is 5.11 Å². The predicted octanol–water partition coefficient (Wildman–Crippen LogP) is 4.10. The summed E-state index contributed by atoms with van der Waals surface area (Å²) in [7, 11) is 0. The van der Waals surface area contributed by atoms with Crippen LogP contribution >= 0.6 is 11.6 Å². The first-order valence-corrected chi connectivity index (χ1v) is 6.90. The molecule has 0 aliphatic heterocycles. The number of rotatable bonds is 4. The van der Waals surface area contributed by atoms with E-state index in [-0.39, 0.29) is 6.10 Å². The second-order valence-corrected chi connectivity index (χ2v) is 5.62. The number of aliphatic hydroxyl groups excluding tert-OH is 1. The lowest BCUT2D eigenvalue weighted by atomic mass is 9.99. The first-order chi connectivity index (χ1) is 9.02. The number of aryl methyl sites for hydroxylation is 2. The third-order valence-corrected chi connectivity index (χ3v) is 3.35. The van der Waals surface area contributed by atoms with Crippen LogP contribution in [0.4, 0.5) is 0 Å². The van der Waals surface area contributed by atoms with Crippen molar-refractivity contribution in [1.29, 1.82) is 0 Å². The quantitative estimate of drug-likeness (QED) is 0.890. The van der Waals surface area contributed by atoms with Crippen molar-refractivity contribution in [3.63, 3.8) is 0 Å². The normalized spacial score (nSPS) is 12.4. The smallest absolute Gasteiger partial charge is 0.0620 e. The summed E-state index contributed by atoms with van der Waals surface area (Å²) in [6, 6.07) is 14.1. The largest absolute Gasteiger partial charge is 0.392 e. The molecule has 0 saturated carbocycles. The van der Waals surface area contributed by atoms with Gasteiger partial charge in [-0.2, -0.15) is 0 Å². The molecule has 2 aromatic rings. The van der Waals surface area contributed by atoms with Gasteiger partial charge in [-0.25, -0.2) is 0 Å². The summed E-state index contributed by atoms with van der Waals surface area (Å²) in [5.74, 6) is 0. The zero-order valence-corrected chi connectivity index (χ0v) is 12.1. The van der Waals surface area contributed by atoms with Crippen LogP contribution in [0.1, 0.15) is 22.3 Å². The molecule has 1 atom stereocenters. The maximum Gasteiger partial charge on any atom is 0.0620 e. The van der Waals surface area contributed by atoms with E-state index >= 15 is 0 Å². The van der Waals surface area contributed by atoms with Gasteiger partial charge in [-0.3, -0.25) is 0 Å². The van der Waals surface area contributed by atoms with Gasteiger partial charge in [0.15, 0.2) is 0 Å². The van der Waals surface area contributed by atoms with Crippen LogP contribution in [0.25, 0.3) is 0 Å². The third kappa shape index (κ3) is 4.38. The Morgan fingerprint density at radius 2 is 1.58 bits per heavy atom. The Balaban J connectivity index is 2.03. The summed E-state index contributed by atoms with van der Waals surface area (Å²) < 4.78 is 0. The molecule has 0 spiro atoms. The highest BCUT2D eigenvalue weighted by Gasteiger charge is 2.08. The predicted molar refractivity (Wildman–Crippen MR) is 80.8 cm³/mol. The molecule has 0 aromatic heterocycles. The molecule has 0 heterocycles. The van der Waals surface area contributed by atoms with Crippen molar-refractivity contribution >= 4 is 11.6 Å². The summed E-state index contributed by atoms with van der Waals surface area (Å²) in [5, 5.41) is 10.9. The molecule has 0 aliphatic rings. The lowest BCUT2D eigenvalue weighted by Gasteiger charge is -2.12.